The Morgan fingerprint density at radius 1 is 1.30 bits per heavy atom. The number of amides is 1. The molecule has 2 aromatic carbocycles. The van der Waals surface area contributed by atoms with Gasteiger partial charge in [0.15, 0.2) is 0 Å². The number of hydrogen-bond donors (Lipinski definition) is 2. The van der Waals surface area contributed by atoms with Gasteiger partial charge in [-0.2, -0.15) is 0 Å². The quantitative estimate of drug-likeness (QED) is 0.363. The van der Waals surface area contributed by atoms with E-state index in [1.807, 2.05) is 42.5 Å². The third kappa shape index (κ3) is 3.06. The van der Waals surface area contributed by atoms with E-state index in [1.54, 1.807) is 0 Å². The van der Waals surface area contributed by atoms with E-state index in [0.717, 1.165) is 16.3 Å². The van der Waals surface area contributed by atoms with E-state index in [0.29, 0.717) is 6.54 Å². The molecule has 0 saturated heterocycles. The molecule has 1 atom stereocenters. The highest BCUT2D eigenvalue weighted by atomic mass is 16.1. The summed E-state index contributed by atoms with van der Waals surface area (Å²) in [7, 11) is 0. The van der Waals surface area contributed by atoms with Gasteiger partial charge >= 0.3 is 0 Å². The van der Waals surface area contributed by atoms with Gasteiger partial charge in [0.2, 0.25) is 5.91 Å². The van der Waals surface area contributed by atoms with E-state index in [1.165, 1.54) is 0 Å². The first-order chi connectivity index (χ1) is 9.74. The molecule has 0 heterocycles. The van der Waals surface area contributed by atoms with Crippen LogP contribution in [-0.4, -0.2) is 19.0 Å². The molecule has 6 nitrogen and oxygen atoms in total. The van der Waals surface area contributed by atoms with Crippen LogP contribution in [0.25, 0.3) is 21.2 Å². The third-order valence-corrected chi connectivity index (χ3v) is 3.04. The fourth-order valence-electron chi connectivity index (χ4n) is 2.17. The summed E-state index contributed by atoms with van der Waals surface area (Å²) in [5.74, 6) is -0.456. The molecule has 0 spiro atoms. The number of nitrogens with one attached hydrogen (secondary N) is 1. The highest BCUT2D eigenvalue weighted by Gasteiger charge is 2.18. The zero-order valence-electron chi connectivity index (χ0n) is 10.9. The van der Waals surface area contributed by atoms with E-state index in [9.17, 15) is 4.79 Å². The smallest absolute Gasteiger partial charge is 0.239 e. The van der Waals surface area contributed by atoms with Crippen LogP contribution in [0.3, 0.4) is 0 Å². The molecule has 0 radical (unpaired) electrons. The number of carbonyl (C=O) groups is 1. The van der Waals surface area contributed by atoms with Crippen LogP contribution in [0.4, 0.5) is 0 Å². The van der Waals surface area contributed by atoms with Crippen LogP contribution < -0.4 is 11.1 Å². The van der Waals surface area contributed by atoms with Gasteiger partial charge in [0, 0.05) is 18.0 Å². The zero-order valence-corrected chi connectivity index (χ0v) is 10.9. The normalized spacial score (nSPS) is 11.8. The molecule has 3 N–H and O–H groups in total. The predicted molar refractivity (Wildman–Crippen MR) is 77.9 cm³/mol. The largest absolute Gasteiger partial charge is 0.368 e. The van der Waals surface area contributed by atoms with Crippen molar-refractivity contribution >= 4 is 16.7 Å². The van der Waals surface area contributed by atoms with Crippen molar-refractivity contribution in [1.82, 2.24) is 5.32 Å². The Morgan fingerprint density at radius 3 is 2.80 bits per heavy atom. The molecule has 6 heteroatoms. The van der Waals surface area contributed by atoms with Gasteiger partial charge in [-0.25, -0.2) is 0 Å². The van der Waals surface area contributed by atoms with Crippen molar-refractivity contribution in [2.24, 2.45) is 10.8 Å². The summed E-state index contributed by atoms with van der Waals surface area (Å²) in [5.41, 5.74) is 14.5. The molecular weight excluding hydrogens is 254 g/mol. The van der Waals surface area contributed by atoms with E-state index in [4.69, 9.17) is 11.3 Å². The van der Waals surface area contributed by atoms with Gasteiger partial charge in [-0.05, 0) is 21.9 Å². The average Bonchev–Trinajstić information content (AvgIpc) is 2.47. The van der Waals surface area contributed by atoms with Crippen molar-refractivity contribution in [2.75, 3.05) is 13.1 Å². The lowest BCUT2D eigenvalue weighted by Crippen LogP contribution is -2.35. The maximum Gasteiger partial charge on any atom is 0.239 e. The third-order valence-electron chi connectivity index (χ3n) is 3.04. The molecule has 0 fully saturated rings. The molecule has 0 aromatic heterocycles. The van der Waals surface area contributed by atoms with Crippen molar-refractivity contribution in [3.63, 3.8) is 0 Å². The van der Waals surface area contributed by atoms with Gasteiger partial charge in [0.1, 0.15) is 6.04 Å². The lowest BCUT2D eigenvalue weighted by molar-refractivity contribution is -0.120. The molecule has 0 aliphatic heterocycles. The SMILES string of the molecule is [N-]=[N+]=NCCNC(C(N)=O)c1cccc2ccccc12. The summed E-state index contributed by atoms with van der Waals surface area (Å²) in [6, 6.07) is 12.9. The maximum absolute atomic E-state index is 11.7. The zero-order chi connectivity index (χ0) is 14.4. The van der Waals surface area contributed by atoms with Gasteiger partial charge in [0.05, 0.1) is 0 Å². The highest BCUT2D eigenvalue weighted by Crippen LogP contribution is 2.24. The van der Waals surface area contributed by atoms with Crippen LogP contribution in [0, 0.1) is 0 Å². The molecule has 0 bridgehead atoms. The van der Waals surface area contributed by atoms with E-state index in [2.05, 4.69) is 15.3 Å². The Bertz CT molecular complexity index is 658. The minimum atomic E-state index is -0.602. The molecule has 0 aliphatic rings. The molecule has 1 unspecified atom stereocenters. The number of nitrogens with two attached hydrogens (primary N) is 1. The van der Waals surface area contributed by atoms with Gasteiger partial charge in [0.25, 0.3) is 0 Å². The number of primary amides is 1. The van der Waals surface area contributed by atoms with Crippen LogP contribution in [0.2, 0.25) is 0 Å². The summed E-state index contributed by atoms with van der Waals surface area (Å²) in [5, 5.41) is 8.48. The Kier molecular flexibility index (Phi) is 4.55. The number of nitrogens with zero attached hydrogens (tertiary/aromatic N) is 3. The number of carbonyl (C=O) groups excluding carboxylic acids is 1. The van der Waals surface area contributed by atoms with Gasteiger partial charge in [-0.15, -0.1) is 0 Å². The predicted octanol–water partition coefficient (Wildman–Crippen LogP) is 2.27. The van der Waals surface area contributed by atoms with Gasteiger partial charge in [-0.3, -0.25) is 4.79 Å². The van der Waals surface area contributed by atoms with Crippen LogP contribution in [0.15, 0.2) is 47.6 Å². The summed E-state index contributed by atoms with van der Waals surface area (Å²) in [6.07, 6.45) is 0. The first-order valence-electron chi connectivity index (χ1n) is 6.25. The summed E-state index contributed by atoms with van der Waals surface area (Å²) >= 11 is 0. The fraction of sp³-hybridized carbons (Fsp3) is 0.214. The van der Waals surface area contributed by atoms with Crippen molar-refractivity contribution in [3.05, 3.63) is 58.5 Å². The summed E-state index contributed by atoms with van der Waals surface area (Å²) in [6.45, 7) is 0.659. The minimum Gasteiger partial charge on any atom is -0.368 e. The monoisotopic (exact) mass is 269 g/mol. The first kappa shape index (κ1) is 13.9. The second kappa shape index (κ2) is 6.56. The summed E-state index contributed by atoms with van der Waals surface area (Å²) < 4.78 is 0. The lowest BCUT2D eigenvalue weighted by atomic mass is 9.98. The Labute approximate surface area is 116 Å². The number of rotatable bonds is 6. The van der Waals surface area contributed by atoms with E-state index < -0.39 is 11.9 Å². The molecule has 20 heavy (non-hydrogen) atoms. The van der Waals surface area contributed by atoms with Crippen LogP contribution >= 0.6 is 0 Å². The van der Waals surface area contributed by atoms with Gasteiger partial charge < -0.3 is 11.1 Å². The Morgan fingerprint density at radius 2 is 2.05 bits per heavy atom. The minimum absolute atomic E-state index is 0.269. The van der Waals surface area contributed by atoms with Crippen LogP contribution in [-0.2, 0) is 4.79 Å². The number of benzene rings is 2. The molecule has 2 aromatic rings. The van der Waals surface area contributed by atoms with Crippen molar-refractivity contribution in [2.45, 2.75) is 6.04 Å². The van der Waals surface area contributed by atoms with Crippen molar-refractivity contribution in [1.29, 1.82) is 0 Å². The second-order valence-electron chi connectivity index (χ2n) is 4.31. The van der Waals surface area contributed by atoms with E-state index in [-0.39, 0.29) is 6.54 Å². The summed E-state index contributed by atoms with van der Waals surface area (Å²) in [4.78, 5) is 14.3. The number of fused-ring (bicyclic) bond motifs is 1. The second-order valence-corrected chi connectivity index (χ2v) is 4.31. The fourth-order valence-corrected chi connectivity index (χ4v) is 2.17. The van der Waals surface area contributed by atoms with E-state index >= 15 is 0 Å². The molecule has 0 saturated carbocycles. The van der Waals surface area contributed by atoms with Crippen molar-refractivity contribution in [3.8, 4) is 0 Å². The Hall–Kier alpha value is -2.56. The average molecular weight is 269 g/mol. The standard InChI is InChI=1S/C14H15N5O/c15-14(20)13(17-8-9-18-19-16)12-7-3-5-10-4-1-2-6-11(10)12/h1-7,13,17H,8-9H2,(H2,15,20). The highest BCUT2D eigenvalue weighted by molar-refractivity contribution is 5.92. The number of azide groups is 1. The Balaban J connectivity index is 2.31. The van der Waals surface area contributed by atoms with Crippen molar-refractivity contribution < 1.29 is 4.79 Å². The maximum atomic E-state index is 11.7. The first-order valence-corrected chi connectivity index (χ1v) is 6.25. The molecule has 102 valence electrons. The number of hydrogen-bond acceptors (Lipinski definition) is 3. The molecule has 2 rings (SSSR count). The molecule has 0 aliphatic carbocycles. The van der Waals surface area contributed by atoms with Crippen LogP contribution in [0.5, 0.6) is 0 Å². The van der Waals surface area contributed by atoms with Gasteiger partial charge in [-0.1, -0.05) is 47.6 Å². The topological polar surface area (TPSA) is 104 Å². The lowest BCUT2D eigenvalue weighted by Gasteiger charge is -2.17. The molecule has 1 amide bonds. The molecular formula is C14H15N5O. The van der Waals surface area contributed by atoms with Crippen LogP contribution in [0.1, 0.15) is 11.6 Å².